The fraction of sp³-hybridized carbons (Fsp3) is 0.556. The van der Waals surface area contributed by atoms with Crippen LogP contribution in [0.5, 0.6) is 0 Å². The fourth-order valence-electron chi connectivity index (χ4n) is 4.03. The first-order valence-electron chi connectivity index (χ1n) is 8.81. The number of carbonyl (C=O) groups is 1. The van der Waals surface area contributed by atoms with Crippen LogP contribution in [0.2, 0.25) is 0 Å². The maximum absolute atomic E-state index is 13.1. The highest BCUT2D eigenvalue weighted by molar-refractivity contribution is 7.92. The fourth-order valence-corrected chi connectivity index (χ4v) is 4.62. The molecule has 2 fully saturated rings. The number of nitrogens with one attached hydrogen (secondary N) is 1. The van der Waals surface area contributed by atoms with Gasteiger partial charge in [-0.3, -0.25) is 9.52 Å². The van der Waals surface area contributed by atoms with Crippen LogP contribution in [0, 0.1) is 5.41 Å². The summed E-state index contributed by atoms with van der Waals surface area (Å²) in [7, 11) is -1.92. The average molecular weight is 379 g/mol. The van der Waals surface area contributed by atoms with Gasteiger partial charge in [-0.15, -0.1) is 0 Å². The number of hydrogen-bond donors (Lipinski definition) is 1. The second kappa shape index (κ2) is 7.26. The number of carbonyl (C=O) groups excluding carboxylic acids is 1. The van der Waals surface area contributed by atoms with Crippen LogP contribution in [0.25, 0.3) is 0 Å². The Balaban J connectivity index is 1.84. The number of rotatable bonds is 5. The third kappa shape index (κ3) is 3.85. The van der Waals surface area contributed by atoms with Crippen molar-refractivity contribution in [2.24, 2.45) is 10.6 Å². The molecule has 1 aliphatic carbocycles. The van der Waals surface area contributed by atoms with Crippen LogP contribution >= 0.6 is 0 Å². The van der Waals surface area contributed by atoms with Crippen molar-refractivity contribution >= 4 is 27.3 Å². The molecule has 26 heavy (non-hydrogen) atoms. The van der Waals surface area contributed by atoms with E-state index in [0.717, 1.165) is 43.9 Å². The second-order valence-electron chi connectivity index (χ2n) is 7.12. The highest BCUT2D eigenvalue weighted by atomic mass is 32.2. The summed E-state index contributed by atoms with van der Waals surface area (Å²) >= 11 is 0. The molecule has 1 aliphatic heterocycles. The molecule has 1 N–H and O–H groups in total. The minimum Gasteiger partial charge on any atom is -0.399 e. The first kappa shape index (κ1) is 18.7. The van der Waals surface area contributed by atoms with E-state index < -0.39 is 10.0 Å². The van der Waals surface area contributed by atoms with Crippen LogP contribution in [-0.4, -0.2) is 44.8 Å². The highest BCUT2D eigenvalue weighted by Crippen LogP contribution is 2.45. The van der Waals surface area contributed by atoms with Crippen molar-refractivity contribution in [1.29, 1.82) is 0 Å². The Hall–Kier alpha value is -2.09. The van der Waals surface area contributed by atoms with Crippen LogP contribution in [-0.2, 0) is 26.2 Å². The molecule has 1 spiro atoms. The molecular formula is C18H25N3O4S. The quantitative estimate of drug-likeness (QED) is 0.796. The summed E-state index contributed by atoms with van der Waals surface area (Å²) in [5.74, 6) is -0.117. The lowest BCUT2D eigenvalue weighted by molar-refractivity contribution is -0.127. The van der Waals surface area contributed by atoms with Gasteiger partial charge in [-0.1, -0.05) is 36.2 Å². The van der Waals surface area contributed by atoms with Gasteiger partial charge >= 0.3 is 0 Å². The minimum atomic E-state index is -3.39. The zero-order valence-corrected chi connectivity index (χ0v) is 16.0. The van der Waals surface area contributed by atoms with Gasteiger partial charge < -0.3 is 9.74 Å². The number of sulfonamides is 1. The van der Waals surface area contributed by atoms with Gasteiger partial charge in [0.05, 0.1) is 11.9 Å². The smallest absolute Gasteiger partial charge is 0.272 e. The molecule has 0 unspecified atom stereocenters. The number of piperidine rings is 1. The Morgan fingerprint density at radius 1 is 1.23 bits per heavy atom. The molecule has 7 nitrogen and oxygen atoms in total. The summed E-state index contributed by atoms with van der Waals surface area (Å²) in [5, 5.41) is 4.09. The predicted molar refractivity (Wildman–Crippen MR) is 100 cm³/mol. The summed E-state index contributed by atoms with van der Waals surface area (Å²) in [6.07, 6.45) is 6.14. The van der Waals surface area contributed by atoms with E-state index in [2.05, 4.69) is 9.88 Å². The average Bonchev–Trinajstić information content (AvgIpc) is 3.04. The zero-order valence-electron chi connectivity index (χ0n) is 15.2. The standard InChI is InChI=1S/C18H25N3O4S/c1-25-19-16-17(22)21(12-11-18(16)9-5-6-10-18)13-14-7-3-4-8-15(14)20-26(2,23)24/h3-4,7-8,20H,5-6,9-13H2,1-2H3/b19-16+. The molecule has 1 aromatic rings. The number of anilines is 1. The number of para-hydroxylation sites is 1. The van der Waals surface area contributed by atoms with Crippen LogP contribution in [0.1, 0.15) is 37.7 Å². The van der Waals surface area contributed by atoms with Crippen molar-refractivity contribution in [3.63, 3.8) is 0 Å². The topological polar surface area (TPSA) is 88.1 Å². The summed E-state index contributed by atoms with van der Waals surface area (Å²) in [5.41, 5.74) is 1.60. The molecule has 0 aromatic heterocycles. The second-order valence-corrected chi connectivity index (χ2v) is 8.87. The van der Waals surface area contributed by atoms with E-state index in [4.69, 9.17) is 4.84 Å². The summed E-state index contributed by atoms with van der Waals surface area (Å²) < 4.78 is 25.7. The van der Waals surface area contributed by atoms with Crippen molar-refractivity contribution < 1.29 is 18.0 Å². The lowest BCUT2D eigenvalue weighted by atomic mass is 9.75. The lowest BCUT2D eigenvalue weighted by Crippen LogP contribution is -2.51. The largest absolute Gasteiger partial charge is 0.399 e. The third-order valence-electron chi connectivity index (χ3n) is 5.27. The van der Waals surface area contributed by atoms with Gasteiger partial charge in [-0.05, 0) is 30.9 Å². The van der Waals surface area contributed by atoms with Gasteiger partial charge in [-0.2, -0.15) is 0 Å². The van der Waals surface area contributed by atoms with Crippen LogP contribution < -0.4 is 4.72 Å². The Bertz CT molecular complexity index is 813. The van der Waals surface area contributed by atoms with Gasteiger partial charge in [0.1, 0.15) is 7.11 Å². The van der Waals surface area contributed by atoms with Gasteiger partial charge in [0.25, 0.3) is 5.91 Å². The molecule has 1 saturated carbocycles. The summed E-state index contributed by atoms with van der Waals surface area (Å²) in [4.78, 5) is 19.8. The Morgan fingerprint density at radius 2 is 1.92 bits per heavy atom. The third-order valence-corrected chi connectivity index (χ3v) is 5.86. The molecule has 3 rings (SSSR count). The summed E-state index contributed by atoms with van der Waals surface area (Å²) in [6, 6.07) is 7.13. The molecule has 142 valence electrons. The molecule has 2 aliphatic rings. The number of oxime groups is 1. The molecular weight excluding hydrogens is 354 g/mol. The van der Waals surface area contributed by atoms with Crippen molar-refractivity contribution in [3.8, 4) is 0 Å². The maximum Gasteiger partial charge on any atom is 0.272 e. The van der Waals surface area contributed by atoms with Crippen molar-refractivity contribution in [2.75, 3.05) is 24.6 Å². The Kier molecular flexibility index (Phi) is 5.22. The van der Waals surface area contributed by atoms with Crippen molar-refractivity contribution in [2.45, 2.75) is 38.6 Å². The van der Waals surface area contributed by atoms with Gasteiger partial charge in [0.15, 0.2) is 5.71 Å². The van der Waals surface area contributed by atoms with Crippen LogP contribution in [0.4, 0.5) is 5.69 Å². The minimum absolute atomic E-state index is 0.117. The number of nitrogens with zero attached hydrogens (tertiary/aromatic N) is 2. The zero-order chi connectivity index (χ0) is 18.8. The molecule has 1 aromatic carbocycles. The van der Waals surface area contributed by atoms with Gasteiger partial charge in [-0.25, -0.2) is 8.42 Å². The molecule has 1 heterocycles. The predicted octanol–water partition coefficient (Wildman–Crippen LogP) is 2.35. The molecule has 0 atom stereocenters. The Labute approximate surface area is 154 Å². The molecule has 8 heteroatoms. The molecule has 0 radical (unpaired) electrons. The van der Waals surface area contributed by atoms with E-state index in [9.17, 15) is 13.2 Å². The monoisotopic (exact) mass is 379 g/mol. The first-order chi connectivity index (χ1) is 12.3. The number of benzene rings is 1. The number of amides is 1. The highest BCUT2D eigenvalue weighted by Gasteiger charge is 2.47. The normalized spacial score (nSPS) is 21.4. The van der Waals surface area contributed by atoms with E-state index in [1.807, 2.05) is 12.1 Å². The van der Waals surface area contributed by atoms with Crippen LogP contribution in [0.3, 0.4) is 0 Å². The van der Waals surface area contributed by atoms with Crippen molar-refractivity contribution in [1.82, 2.24) is 4.90 Å². The summed E-state index contributed by atoms with van der Waals surface area (Å²) in [6.45, 7) is 0.963. The van der Waals surface area contributed by atoms with E-state index in [0.29, 0.717) is 24.5 Å². The first-order valence-corrected chi connectivity index (χ1v) is 10.7. The van der Waals surface area contributed by atoms with E-state index in [1.165, 1.54) is 7.11 Å². The Morgan fingerprint density at radius 3 is 2.58 bits per heavy atom. The molecule has 1 amide bonds. The van der Waals surface area contributed by atoms with Gasteiger partial charge in [0, 0.05) is 18.5 Å². The maximum atomic E-state index is 13.1. The van der Waals surface area contributed by atoms with E-state index in [-0.39, 0.29) is 11.3 Å². The van der Waals surface area contributed by atoms with Gasteiger partial charge in [0.2, 0.25) is 10.0 Å². The SMILES string of the molecule is CO/N=C1\C(=O)N(Cc2ccccc2NS(C)(=O)=O)CCC12CCCC2. The number of hydrogen-bond acceptors (Lipinski definition) is 5. The number of likely N-dealkylation sites (tertiary alicyclic amines) is 1. The lowest BCUT2D eigenvalue weighted by Gasteiger charge is -2.39. The van der Waals surface area contributed by atoms with Crippen LogP contribution in [0.15, 0.2) is 29.4 Å². The molecule has 1 saturated heterocycles. The van der Waals surface area contributed by atoms with E-state index >= 15 is 0 Å². The molecule has 0 bridgehead atoms. The van der Waals surface area contributed by atoms with Crippen molar-refractivity contribution in [3.05, 3.63) is 29.8 Å². The van der Waals surface area contributed by atoms with E-state index in [1.54, 1.807) is 17.0 Å².